The van der Waals surface area contributed by atoms with Gasteiger partial charge in [-0.25, -0.2) is 9.82 Å². The number of nitrogens with zero attached hydrogens (tertiary/aromatic N) is 3. The third-order valence-electron chi connectivity index (χ3n) is 3.41. The summed E-state index contributed by atoms with van der Waals surface area (Å²) in [7, 11) is 0. The van der Waals surface area contributed by atoms with Crippen LogP contribution < -0.4 is 5.43 Å². The van der Waals surface area contributed by atoms with E-state index in [9.17, 15) is 9.18 Å². The Hall–Kier alpha value is -2.99. The molecule has 25 heavy (non-hydrogen) atoms. The molecule has 1 N–H and O–H groups in total. The summed E-state index contributed by atoms with van der Waals surface area (Å²) in [4.78, 5) is 12.0. The first-order chi connectivity index (χ1) is 12.1. The molecule has 0 radical (unpaired) electrons. The molecule has 1 amide bonds. The first kappa shape index (κ1) is 16.9. The maximum atomic E-state index is 13.4. The molecule has 0 aliphatic rings. The van der Waals surface area contributed by atoms with E-state index in [4.69, 9.17) is 11.6 Å². The van der Waals surface area contributed by atoms with Crippen molar-refractivity contribution in [2.24, 2.45) is 5.10 Å². The molecule has 2 aromatic carbocycles. The largest absolute Gasteiger partial charge is 0.291 e. The number of amides is 1. The van der Waals surface area contributed by atoms with E-state index in [1.807, 2.05) is 12.1 Å². The van der Waals surface area contributed by atoms with Crippen LogP contribution in [0.1, 0.15) is 21.6 Å². The van der Waals surface area contributed by atoms with E-state index < -0.39 is 11.7 Å². The molecule has 0 fully saturated rings. The Bertz CT molecular complexity index is 905. The lowest BCUT2D eigenvalue weighted by atomic mass is 10.2. The lowest BCUT2D eigenvalue weighted by Crippen LogP contribution is -2.18. The van der Waals surface area contributed by atoms with Gasteiger partial charge in [-0.2, -0.15) is 10.2 Å². The quantitative estimate of drug-likeness (QED) is 0.562. The summed E-state index contributed by atoms with van der Waals surface area (Å²) >= 11 is 5.85. The van der Waals surface area contributed by atoms with Gasteiger partial charge >= 0.3 is 0 Å². The number of hydrogen-bond acceptors (Lipinski definition) is 3. The predicted octanol–water partition coefficient (Wildman–Crippen LogP) is 3.49. The fraction of sp³-hybridized carbons (Fsp3) is 0.0556. The van der Waals surface area contributed by atoms with Gasteiger partial charge in [0.1, 0.15) is 5.82 Å². The number of halogens is 2. The van der Waals surface area contributed by atoms with E-state index in [-0.39, 0.29) is 11.3 Å². The molecular weight excluding hydrogens is 343 g/mol. The zero-order valence-corrected chi connectivity index (χ0v) is 13.8. The van der Waals surface area contributed by atoms with Crippen LogP contribution in [0.15, 0.2) is 65.9 Å². The van der Waals surface area contributed by atoms with Gasteiger partial charge in [0.05, 0.1) is 12.8 Å². The zero-order valence-electron chi connectivity index (χ0n) is 13.1. The van der Waals surface area contributed by atoms with Gasteiger partial charge in [-0.1, -0.05) is 41.9 Å². The van der Waals surface area contributed by atoms with Crippen molar-refractivity contribution in [1.82, 2.24) is 15.2 Å². The number of carbonyl (C=O) groups excluding carboxylic acids is 1. The molecule has 0 aliphatic carbocycles. The molecule has 0 bridgehead atoms. The van der Waals surface area contributed by atoms with Crippen LogP contribution in [0.2, 0.25) is 5.02 Å². The summed E-state index contributed by atoms with van der Waals surface area (Å²) in [6, 6.07) is 15.1. The Morgan fingerprint density at radius 3 is 2.72 bits per heavy atom. The lowest BCUT2D eigenvalue weighted by Gasteiger charge is -2.02. The standard InChI is InChI=1S/C18H14ClFN4O/c19-15-7-5-13(6-8-15)12-24-10-9-17(23-24)18(25)22-21-11-14-3-1-2-4-16(14)20/h1-11H,12H2,(H,22,25)/b21-11-. The molecule has 5 nitrogen and oxygen atoms in total. The number of carbonyl (C=O) groups is 1. The first-order valence-corrected chi connectivity index (χ1v) is 7.85. The first-order valence-electron chi connectivity index (χ1n) is 7.47. The molecule has 1 aromatic heterocycles. The van der Waals surface area contributed by atoms with Crippen LogP contribution in [-0.2, 0) is 6.54 Å². The van der Waals surface area contributed by atoms with Gasteiger partial charge in [0.25, 0.3) is 5.91 Å². The topological polar surface area (TPSA) is 59.3 Å². The molecule has 7 heteroatoms. The molecule has 126 valence electrons. The molecule has 0 spiro atoms. The third kappa shape index (κ3) is 4.51. The molecule has 0 unspecified atom stereocenters. The van der Waals surface area contributed by atoms with E-state index in [1.54, 1.807) is 47.3 Å². The van der Waals surface area contributed by atoms with Crippen LogP contribution in [-0.4, -0.2) is 21.9 Å². The van der Waals surface area contributed by atoms with E-state index in [1.165, 1.54) is 12.3 Å². The minimum absolute atomic E-state index is 0.222. The summed E-state index contributed by atoms with van der Waals surface area (Å²) in [5.41, 5.74) is 3.85. The number of aromatic nitrogens is 2. The fourth-order valence-corrected chi connectivity index (χ4v) is 2.27. The minimum atomic E-state index is -0.470. The van der Waals surface area contributed by atoms with Crippen molar-refractivity contribution in [3.05, 3.63) is 88.5 Å². The second-order valence-electron chi connectivity index (χ2n) is 5.25. The Morgan fingerprint density at radius 2 is 1.96 bits per heavy atom. The van der Waals surface area contributed by atoms with E-state index in [0.29, 0.717) is 11.6 Å². The highest BCUT2D eigenvalue weighted by Crippen LogP contribution is 2.10. The fourth-order valence-electron chi connectivity index (χ4n) is 2.15. The van der Waals surface area contributed by atoms with Crippen molar-refractivity contribution in [3.63, 3.8) is 0 Å². The highest BCUT2D eigenvalue weighted by atomic mass is 35.5. The SMILES string of the molecule is O=C(N/N=C\c1ccccc1F)c1ccn(Cc2ccc(Cl)cc2)n1. The van der Waals surface area contributed by atoms with E-state index in [0.717, 1.165) is 5.56 Å². The van der Waals surface area contributed by atoms with E-state index >= 15 is 0 Å². The summed E-state index contributed by atoms with van der Waals surface area (Å²) < 4.78 is 15.1. The Labute approximate surface area is 148 Å². The number of benzene rings is 2. The number of hydrogen-bond donors (Lipinski definition) is 1. The average molecular weight is 357 g/mol. The van der Waals surface area contributed by atoms with Crippen LogP contribution >= 0.6 is 11.6 Å². The lowest BCUT2D eigenvalue weighted by molar-refractivity contribution is 0.0949. The van der Waals surface area contributed by atoms with Gasteiger partial charge in [0, 0.05) is 16.8 Å². The van der Waals surface area contributed by atoms with Crippen LogP contribution in [0, 0.1) is 5.82 Å². The monoisotopic (exact) mass is 356 g/mol. The summed E-state index contributed by atoms with van der Waals surface area (Å²) in [5, 5.41) is 8.61. The normalized spacial score (nSPS) is 11.0. The zero-order chi connectivity index (χ0) is 17.6. The Kier molecular flexibility index (Phi) is 5.20. The number of hydrazone groups is 1. The third-order valence-corrected chi connectivity index (χ3v) is 3.66. The van der Waals surface area contributed by atoms with Crippen molar-refractivity contribution in [3.8, 4) is 0 Å². The molecule has 0 saturated carbocycles. The van der Waals surface area contributed by atoms with Gasteiger partial charge in [-0.15, -0.1) is 0 Å². The number of nitrogens with one attached hydrogen (secondary N) is 1. The molecule has 3 aromatic rings. The predicted molar refractivity (Wildman–Crippen MR) is 94.2 cm³/mol. The maximum absolute atomic E-state index is 13.4. The van der Waals surface area contributed by atoms with Crippen molar-refractivity contribution in [2.75, 3.05) is 0 Å². The molecule has 1 heterocycles. The Morgan fingerprint density at radius 1 is 1.20 bits per heavy atom. The molecule has 0 atom stereocenters. The van der Waals surface area contributed by atoms with Gasteiger partial charge in [0.15, 0.2) is 5.69 Å². The van der Waals surface area contributed by atoms with Crippen molar-refractivity contribution >= 4 is 23.7 Å². The Balaban J connectivity index is 1.60. The highest BCUT2D eigenvalue weighted by molar-refractivity contribution is 6.30. The van der Waals surface area contributed by atoms with Gasteiger partial charge in [-0.05, 0) is 29.8 Å². The second-order valence-corrected chi connectivity index (χ2v) is 5.68. The van der Waals surface area contributed by atoms with Crippen molar-refractivity contribution in [2.45, 2.75) is 6.54 Å². The summed E-state index contributed by atoms with van der Waals surface area (Å²) in [5.74, 6) is -0.879. The van der Waals surface area contributed by atoms with Crippen LogP contribution in [0.4, 0.5) is 4.39 Å². The van der Waals surface area contributed by atoms with Gasteiger partial charge in [-0.3, -0.25) is 9.48 Å². The average Bonchev–Trinajstić information content (AvgIpc) is 3.07. The van der Waals surface area contributed by atoms with Crippen LogP contribution in [0.3, 0.4) is 0 Å². The van der Waals surface area contributed by atoms with Gasteiger partial charge < -0.3 is 0 Å². The summed E-state index contributed by atoms with van der Waals surface area (Å²) in [6.07, 6.45) is 2.95. The summed E-state index contributed by atoms with van der Waals surface area (Å²) in [6.45, 7) is 0.517. The van der Waals surface area contributed by atoms with Crippen LogP contribution in [0.25, 0.3) is 0 Å². The molecule has 0 saturated heterocycles. The second kappa shape index (κ2) is 7.72. The smallest absolute Gasteiger partial charge is 0.268 e. The maximum Gasteiger partial charge on any atom is 0.291 e. The molecule has 0 aliphatic heterocycles. The van der Waals surface area contributed by atoms with E-state index in [2.05, 4.69) is 15.6 Å². The highest BCUT2D eigenvalue weighted by Gasteiger charge is 2.08. The number of rotatable bonds is 5. The molecular formula is C18H14ClFN4O. The van der Waals surface area contributed by atoms with Crippen molar-refractivity contribution < 1.29 is 9.18 Å². The van der Waals surface area contributed by atoms with Crippen LogP contribution in [0.5, 0.6) is 0 Å². The van der Waals surface area contributed by atoms with Crippen molar-refractivity contribution in [1.29, 1.82) is 0 Å². The van der Waals surface area contributed by atoms with Gasteiger partial charge in [0.2, 0.25) is 0 Å². The minimum Gasteiger partial charge on any atom is -0.268 e. The molecule has 3 rings (SSSR count).